The number of aromatic nitrogens is 2. The number of hydrogen-bond donors (Lipinski definition) is 2. The summed E-state index contributed by atoms with van der Waals surface area (Å²) in [6.45, 7) is 0.468. The van der Waals surface area contributed by atoms with Gasteiger partial charge >= 0.3 is 5.97 Å². The van der Waals surface area contributed by atoms with E-state index < -0.39 is 22.2 Å². The first kappa shape index (κ1) is 15.9. The first-order valence-corrected chi connectivity index (χ1v) is 8.31. The highest BCUT2D eigenvalue weighted by atomic mass is 32.2. The summed E-state index contributed by atoms with van der Waals surface area (Å²) in [6, 6.07) is -0.963. The van der Waals surface area contributed by atoms with Crippen molar-refractivity contribution in [2.45, 2.75) is 31.7 Å². The van der Waals surface area contributed by atoms with Crippen LogP contribution in [0, 0.1) is 0 Å². The van der Waals surface area contributed by atoms with Crippen LogP contribution in [0.3, 0.4) is 0 Å². The molecule has 0 radical (unpaired) electrons. The van der Waals surface area contributed by atoms with Gasteiger partial charge in [-0.15, -0.1) is 0 Å². The summed E-state index contributed by atoms with van der Waals surface area (Å²) in [5.41, 5.74) is 0.925. The molecule has 9 heteroatoms. The second-order valence-electron chi connectivity index (χ2n) is 5.13. The van der Waals surface area contributed by atoms with E-state index >= 15 is 0 Å². The topological polar surface area (TPSA) is 105 Å². The van der Waals surface area contributed by atoms with Crippen molar-refractivity contribution in [3.05, 3.63) is 18.0 Å². The van der Waals surface area contributed by atoms with Crippen molar-refractivity contribution in [1.29, 1.82) is 0 Å². The Bertz CT molecular complexity index is 598. The van der Waals surface area contributed by atoms with E-state index in [1.807, 2.05) is 6.20 Å². The van der Waals surface area contributed by atoms with Crippen LogP contribution in [0.25, 0.3) is 0 Å². The van der Waals surface area contributed by atoms with Crippen molar-refractivity contribution in [2.24, 2.45) is 7.05 Å². The Labute approximate surface area is 123 Å². The molecule has 0 aliphatic carbocycles. The number of nitrogens with zero attached hydrogens (tertiary/aromatic N) is 3. The maximum absolute atomic E-state index is 12.2. The van der Waals surface area contributed by atoms with Crippen LogP contribution in [0.1, 0.15) is 24.8 Å². The predicted molar refractivity (Wildman–Crippen MR) is 75.8 cm³/mol. The van der Waals surface area contributed by atoms with Gasteiger partial charge < -0.3 is 5.11 Å². The van der Waals surface area contributed by atoms with Gasteiger partial charge in [-0.05, 0) is 31.2 Å². The van der Waals surface area contributed by atoms with Crippen LogP contribution in [-0.2, 0) is 28.5 Å². The van der Waals surface area contributed by atoms with Gasteiger partial charge in [-0.25, -0.2) is 4.72 Å². The number of rotatable bonds is 6. The lowest BCUT2D eigenvalue weighted by Gasteiger charge is -2.31. The van der Waals surface area contributed by atoms with Crippen molar-refractivity contribution in [3.8, 4) is 0 Å². The predicted octanol–water partition coefficient (Wildman–Crippen LogP) is -0.264. The monoisotopic (exact) mass is 316 g/mol. The third kappa shape index (κ3) is 4.02. The number of aryl methyl sites for hydroxylation is 1. The highest BCUT2D eigenvalue weighted by Gasteiger charge is 2.36. The molecule has 1 aliphatic heterocycles. The minimum Gasteiger partial charge on any atom is -0.480 e. The third-order valence-electron chi connectivity index (χ3n) is 3.50. The summed E-state index contributed by atoms with van der Waals surface area (Å²) in [4.78, 5) is 11.2. The van der Waals surface area contributed by atoms with Gasteiger partial charge in [-0.2, -0.15) is 17.8 Å². The minimum absolute atomic E-state index is 0.219. The molecular weight excluding hydrogens is 296 g/mol. The Balaban J connectivity index is 1.95. The molecular formula is C12H20N4O4S. The highest BCUT2D eigenvalue weighted by molar-refractivity contribution is 7.87. The average Bonchev–Trinajstić information content (AvgIpc) is 2.84. The lowest BCUT2D eigenvalue weighted by molar-refractivity contribution is -0.142. The Morgan fingerprint density at radius 1 is 1.52 bits per heavy atom. The van der Waals surface area contributed by atoms with Crippen LogP contribution in [0.2, 0.25) is 0 Å². The first-order valence-electron chi connectivity index (χ1n) is 6.87. The molecule has 0 saturated carbocycles. The maximum atomic E-state index is 12.2. The number of carbonyl (C=O) groups is 1. The van der Waals surface area contributed by atoms with Crippen LogP contribution < -0.4 is 4.72 Å². The fourth-order valence-corrected chi connectivity index (χ4v) is 3.87. The number of carboxylic acid groups (broad SMARTS) is 1. The van der Waals surface area contributed by atoms with Crippen molar-refractivity contribution in [3.63, 3.8) is 0 Å². The summed E-state index contributed by atoms with van der Waals surface area (Å²) in [5.74, 6) is -1.09. The number of piperidine rings is 1. The standard InChI is InChI=1S/C12H20N4O4S/c1-15-9-10(8-13-15)5-6-14-21(19,20)16-7-3-2-4-11(16)12(17)18/h8-9,11,14H,2-7H2,1H3,(H,17,18). The number of nitrogens with one attached hydrogen (secondary N) is 1. The number of hydrogen-bond acceptors (Lipinski definition) is 4. The van der Waals surface area contributed by atoms with Gasteiger partial charge in [0.05, 0.1) is 6.20 Å². The van der Waals surface area contributed by atoms with Crippen molar-refractivity contribution >= 4 is 16.2 Å². The van der Waals surface area contributed by atoms with E-state index in [1.54, 1.807) is 17.9 Å². The summed E-state index contributed by atoms with van der Waals surface area (Å²) >= 11 is 0. The molecule has 21 heavy (non-hydrogen) atoms. The lowest BCUT2D eigenvalue weighted by Crippen LogP contribution is -2.52. The van der Waals surface area contributed by atoms with Gasteiger partial charge in [0.15, 0.2) is 0 Å². The van der Waals surface area contributed by atoms with E-state index in [2.05, 4.69) is 9.82 Å². The summed E-state index contributed by atoms with van der Waals surface area (Å²) in [7, 11) is -1.98. The highest BCUT2D eigenvalue weighted by Crippen LogP contribution is 2.19. The van der Waals surface area contributed by atoms with E-state index in [1.165, 1.54) is 0 Å². The van der Waals surface area contributed by atoms with Gasteiger partial charge in [-0.1, -0.05) is 0 Å². The van der Waals surface area contributed by atoms with Crippen LogP contribution in [-0.4, -0.2) is 52.7 Å². The lowest BCUT2D eigenvalue weighted by atomic mass is 10.1. The SMILES string of the molecule is Cn1cc(CCNS(=O)(=O)N2CCCCC2C(=O)O)cn1. The van der Waals surface area contributed by atoms with Gasteiger partial charge in [0.25, 0.3) is 10.2 Å². The minimum atomic E-state index is -3.77. The average molecular weight is 316 g/mol. The summed E-state index contributed by atoms with van der Waals surface area (Å²) < 4.78 is 29.6. The van der Waals surface area contributed by atoms with E-state index in [-0.39, 0.29) is 13.1 Å². The Morgan fingerprint density at radius 2 is 2.29 bits per heavy atom. The zero-order valence-electron chi connectivity index (χ0n) is 11.9. The molecule has 0 amide bonds. The Kier molecular flexibility index (Phi) is 4.96. The maximum Gasteiger partial charge on any atom is 0.322 e. The molecule has 1 atom stereocenters. The van der Waals surface area contributed by atoms with Crippen LogP contribution in [0.4, 0.5) is 0 Å². The zero-order valence-corrected chi connectivity index (χ0v) is 12.7. The summed E-state index contributed by atoms with van der Waals surface area (Å²) in [6.07, 6.45) is 5.79. The molecule has 8 nitrogen and oxygen atoms in total. The van der Waals surface area contributed by atoms with E-state index in [0.29, 0.717) is 19.3 Å². The molecule has 1 aromatic heterocycles. The number of carboxylic acids is 1. The van der Waals surface area contributed by atoms with E-state index in [4.69, 9.17) is 5.11 Å². The quantitative estimate of drug-likeness (QED) is 0.752. The van der Waals surface area contributed by atoms with Crippen LogP contribution in [0.15, 0.2) is 12.4 Å². The molecule has 2 rings (SSSR count). The number of aliphatic carboxylic acids is 1. The van der Waals surface area contributed by atoms with Crippen LogP contribution >= 0.6 is 0 Å². The van der Waals surface area contributed by atoms with Gasteiger partial charge in [0.1, 0.15) is 6.04 Å². The summed E-state index contributed by atoms with van der Waals surface area (Å²) in [5, 5.41) is 13.1. The van der Waals surface area contributed by atoms with Gasteiger partial charge in [0.2, 0.25) is 0 Å². The van der Waals surface area contributed by atoms with Crippen molar-refractivity contribution in [1.82, 2.24) is 18.8 Å². The van der Waals surface area contributed by atoms with Crippen molar-refractivity contribution < 1.29 is 18.3 Å². The van der Waals surface area contributed by atoms with Gasteiger partial charge in [0, 0.05) is 26.3 Å². The fourth-order valence-electron chi connectivity index (χ4n) is 2.45. The van der Waals surface area contributed by atoms with Crippen molar-refractivity contribution in [2.75, 3.05) is 13.1 Å². The van der Waals surface area contributed by atoms with Gasteiger partial charge in [-0.3, -0.25) is 9.48 Å². The molecule has 0 bridgehead atoms. The third-order valence-corrected chi connectivity index (χ3v) is 5.13. The molecule has 2 heterocycles. The molecule has 1 saturated heterocycles. The second kappa shape index (κ2) is 6.54. The fraction of sp³-hybridized carbons (Fsp3) is 0.667. The molecule has 118 valence electrons. The Hall–Kier alpha value is -1.45. The molecule has 0 aromatic carbocycles. The van der Waals surface area contributed by atoms with E-state index in [0.717, 1.165) is 16.3 Å². The first-order chi connectivity index (χ1) is 9.90. The van der Waals surface area contributed by atoms with Crippen LogP contribution in [0.5, 0.6) is 0 Å². The normalized spacial score (nSPS) is 20.5. The molecule has 1 aliphatic rings. The molecule has 0 spiro atoms. The largest absolute Gasteiger partial charge is 0.480 e. The Morgan fingerprint density at radius 3 is 2.90 bits per heavy atom. The molecule has 1 fully saturated rings. The zero-order chi connectivity index (χ0) is 15.5. The molecule has 1 unspecified atom stereocenters. The van der Waals surface area contributed by atoms with E-state index in [9.17, 15) is 13.2 Å². The smallest absolute Gasteiger partial charge is 0.322 e. The second-order valence-corrected chi connectivity index (χ2v) is 6.84. The molecule has 1 aromatic rings. The molecule has 2 N–H and O–H groups in total.